The lowest BCUT2D eigenvalue weighted by Gasteiger charge is -2.07. The molecule has 4 nitrogen and oxygen atoms in total. The summed E-state index contributed by atoms with van der Waals surface area (Å²) in [7, 11) is 0. The number of amides is 2. The molecule has 3 aromatic rings. The van der Waals surface area contributed by atoms with Crippen LogP contribution in [0.3, 0.4) is 0 Å². The van der Waals surface area contributed by atoms with Gasteiger partial charge in [0, 0.05) is 23.4 Å². The Labute approximate surface area is 129 Å². The van der Waals surface area contributed by atoms with Crippen molar-refractivity contribution >= 4 is 22.6 Å². The fraction of sp³-hybridized carbons (Fsp3) is 0.167. The molecule has 0 saturated heterocycles. The van der Waals surface area contributed by atoms with E-state index in [0.29, 0.717) is 6.54 Å². The molecule has 0 aliphatic carbocycles. The zero-order valence-corrected chi connectivity index (χ0v) is 12.5. The lowest BCUT2D eigenvalue weighted by Crippen LogP contribution is -2.30. The predicted octanol–water partition coefficient (Wildman–Crippen LogP) is 3.84. The Bertz CT molecular complexity index is 777. The van der Waals surface area contributed by atoms with Crippen LogP contribution in [0, 0.1) is 6.92 Å². The average molecular weight is 293 g/mol. The van der Waals surface area contributed by atoms with Gasteiger partial charge in [0.25, 0.3) is 0 Å². The molecule has 0 radical (unpaired) electrons. The van der Waals surface area contributed by atoms with Crippen LogP contribution >= 0.6 is 0 Å². The number of fused-ring (bicyclic) bond motifs is 1. The number of anilines is 1. The van der Waals surface area contributed by atoms with Crippen LogP contribution in [0.4, 0.5) is 10.5 Å². The van der Waals surface area contributed by atoms with E-state index in [0.717, 1.165) is 23.3 Å². The molecule has 3 rings (SSSR count). The molecule has 0 unspecified atom stereocenters. The zero-order valence-electron chi connectivity index (χ0n) is 12.5. The van der Waals surface area contributed by atoms with Gasteiger partial charge in [0.1, 0.15) is 0 Å². The molecule has 3 N–H and O–H groups in total. The van der Waals surface area contributed by atoms with Gasteiger partial charge >= 0.3 is 6.03 Å². The summed E-state index contributed by atoms with van der Waals surface area (Å²) in [5.41, 5.74) is 4.32. The number of carbonyl (C=O) groups excluding carboxylic acids is 1. The van der Waals surface area contributed by atoms with Gasteiger partial charge < -0.3 is 15.6 Å². The molecular weight excluding hydrogens is 274 g/mol. The van der Waals surface area contributed by atoms with E-state index in [9.17, 15) is 4.79 Å². The summed E-state index contributed by atoms with van der Waals surface area (Å²) in [5.74, 6) is 0. The van der Waals surface area contributed by atoms with Crippen LogP contribution in [-0.4, -0.2) is 17.6 Å². The number of para-hydroxylation sites is 1. The first-order valence-corrected chi connectivity index (χ1v) is 7.39. The minimum Gasteiger partial charge on any atom is -0.359 e. The molecule has 2 aromatic carbocycles. The molecule has 0 saturated carbocycles. The van der Waals surface area contributed by atoms with Gasteiger partial charge in [-0.2, -0.15) is 0 Å². The summed E-state index contributed by atoms with van der Waals surface area (Å²) in [4.78, 5) is 15.1. The number of aromatic nitrogens is 1. The van der Waals surface area contributed by atoms with Crippen LogP contribution in [0.25, 0.3) is 10.9 Å². The van der Waals surface area contributed by atoms with E-state index in [-0.39, 0.29) is 6.03 Å². The lowest BCUT2D eigenvalue weighted by atomic mass is 10.1. The van der Waals surface area contributed by atoms with Gasteiger partial charge in [-0.25, -0.2) is 4.79 Å². The molecule has 1 heterocycles. The Hall–Kier alpha value is -2.75. The van der Waals surface area contributed by atoms with Crippen LogP contribution in [0.2, 0.25) is 0 Å². The Morgan fingerprint density at radius 3 is 2.73 bits per heavy atom. The van der Waals surface area contributed by atoms with Gasteiger partial charge in [0.05, 0.1) is 0 Å². The van der Waals surface area contributed by atoms with Crippen molar-refractivity contribution in [1.29, 1.82) is 0 Å². The molecule has 0 aliphatic rings. The van der Waals surface area contributed by atoms with Crippen molar-refractivity contribution < 1.29 is 4.79 Å². The molecule has 0 spiro atoms. The number of urea groups is 1. The number of H-pyrrole nitrogens is 1. The predicted molar refractivity (Wildman–Crippen MR) is 90.2 cm³/mol. The molecule has 112 valence electrons. The second kappa shape index (κ2) is 6.35. The molecule has 2 amide bonds. The van der Waals surface area contributed by atoms with Crippen molar-refractivity contribution in [2.45, 2.75) is 13.3 Å². The number of hydrogen-bond donors (Lipinski definition) is 3. The molecule has 0 atom stereocenters. The highest BCUT2D eigenvalue weighted by atomic mass is 16.2. The Morgan fingerprint density at radius 2 is 1.91 bits per heavy atom. The summed E-state index contributed by atoms with van der Waals surface area (Å²) in [6, 6.07) is 17.7. The largest absolute Gasteiger partial charge is 0.359 e. The minimum atomic E-state index is -0.176. The SMILES string of the molecule is Cc1cc2cc(CCNC(=O)Nc3ccccc3)ccc2[nH]1. The van der Waals surface area contributed by atoms with E-state index in [1.807, 2.05) is 30.3 Å². The molecule has 0 aliphatic heterocycles. The third kappa shape index (κ3) is 3.47. The molecule has 0 bridgehead atoms. The summed E-state index contributed by atoms with van der Waals surface area (Å²) < 4.78 is 0. The van der Waals surface area contributed by atoms with E-state index >= 15 is 0 Å². The van der Waals surface area contributed by atoms with Crippen LogP contribution in [0.15, 0.2) is 54.6 Å². The maximum absolute atomic E-state index is 11.8. The normalized spacial score (nSPS) is 10.6. The number of hydrogen-bond acceptors (Lipinski definition) is 1. The summed E-state index contributed by atoms with van der Waals surface area (Å²) >= 11 is 0. The number of benzene rings is 2. The van der Waals surface area contributed by atoms with E-state index < -0.39 is 0 Å². The van der Waals surface area contributed by atoms with Crippen molar-refractivity contribution in [2.75, 3.05) is 11.9 Å². The van der Waals surface area contributed by atoms with Gasteiger partial charge in [0.15, 0.2) is 0 Å². The van der Waals surface area contributed by atoms with E-state index in [1.54, 1.807) is 0 Å². The van der Waals surface area contributed by atoms with E-state index in [2.05, 4.69) is 46.8 Å². The van der Waals surface area contributed by atoms with Crippen molar-refractivity contribution in [1.82, 2.24) is 10.3 Å². The van der Waals surface area contributed by atoms with Gasteiger partial charge in [-0.3, -0.25) is 0 Å². The summed E-state index contributed by atoms with van der Waals surface area (Å²) in [6.07, 6.45) is 0.808. The molecule has 0 fully saturated rings. The quantitative estimate of drug-likeness (QED) is 0.672. The van der Waals surface area contributed by atoms with Gasteiger partial charge in [-0.15, -0.1) is 0 Å². The van der Waals surface area contributed by atoms with Gasteiger partial charge in [-0.05, 0) is 54.6 Å². The highest BCUT2D eigenvalue weighted by Crippen LogP contribution is 2.17. The van der Waals surface area contributed by atoms with Crippen LogP contribution < -0.4 is 10.6 Å². The summed E-state index contributed by atoms with van der Waals surface area (Å²) in [6.45, 7) is 2.66. The van der Waals surface area contributed by atoms with Crippen LogP contribution in [-0.2, 0) is 6.42 Å². The van der Waals surface area contributed by atoms with Crippen molar-refractivity contribution in [3.63, 3.8) is 0 Å². The summed E-state index contributed by atoms with van der Waals surface area (Å²) in [5, 5.41) is 6.89. The van der Waals surface area contributed by atoms with Crippen molar-refractivity contribution in [3.05, 3.63) is 65.9 Å². The first kappa shape index (κ1) is 14.2. The Balaban J connectivity index is 1.52. The lowest BCUT2D eigenvalue weighted by molar-refractivity contribution is 0.252. The maximum Gasteiger partial charge on any atom is 0.319 e. The highest BCUT2D eigenvalue weighted by molar-refractivity contribution is 5.89. The number of aromatic amines is 1. The topological polar surface area (TPSA) is 56.9 Å². The van der Waals surface area contributed by atoms with Gasteiger partial charge in [-0.1, -0.05) is 24.3 Å². The number of aryl methyl sites for hydroxylation is 1. The number of rotatable bonds is 4. The fourth-order valence-corrected chi connectivity index (χ4v) is 2.50. The van der Waals surface area contributed by atoms with Crippen molar-refractivity contribution in [2.24, 2.45) is 0 Å². The monoisotopic (exact) mass is 293 g/mol. The third-order valence-corrected chi connectivity index (χ3v) is 3.55. The molecule has 4 heteroatoms. The van der Waals surface area contributed by atoms with Crippen LogP contribution in [0.5, 0.6) is 0 Å². The standard InChI is InChI=1S/C18H19N3O/c1-13-11-15-12-14(7-8-17(15)20-13)9-10-19-18(22)21-16-5-3-2-4-6-16/h2-8,11-12,20H,9-10H2,1H3,(H2,19,21,22). The Morgan fingerprint density at radius 1 is 1.09 bits per heavy atom. The second-order valence-corrected chi connectivity index (χ2v) is 5.37. The number of nitrogens with one attached hydrogen (secondary N) is 3. The second-order valence-electron chi connectivity index (χ2n) is 5.37. The fourth-order valence-electron chi connectivity index (χ4n) is 2.50. The Kier molecular flexibility index (Phi) is 4.10. The first-order chi connectivity index (χ1) is 10.7. The smallest absolute Gasteiger partial charge is 0.319 e. The van der Waals surface area contributed by atoms with Gasteiger partial charge in [0.2, 0.25) is 0 Å². The molecule has 1 aromatic heterocycles. The van der Waals surface area contributed by atoms with E-state index in [1.165, 1.54) is 10.9 Å². The first-order valence-electron chi connectivity index (χ1n) is 7.39. The van der Waals surface area contributed by atoms with Crippen LogP contribution in [0.1, 0.15) is 11.3 Å². The van der Waals surface area contributed by atoms with E-state index in [4.69, 9.17) is 0 Å². The van der Waals surface area contributed by atoms with Crippen molar-refractivity contribution in [3.8, 4) is 0 Å². The minimum absolute atomic E-state index is 0.176. The maximum atomic E-state index is 11.8. The number of carbonyl (C=O) groups is 1. The molecule has 22 heavy (non-hydrogen) atoms. The zero-order chi connectivity index (χ0) is 15.4. The third-order valence-electron chi connectivity index (χ3n) is 3.55. The average Bonchev–Trinajstić information content (AvgIpc) is 2.87. The highest BCUT2D eigenvalue weighted by Gasteiger charge is 2.02. The molecular formula is C18H19N3O.